The number of anilines is 1. The molecule has 0 atom stereocenters. The Kier molecular flexibility index (Phi) is 3.17. The van der Waals surface area contributed by atoms with Crippen molar-refractivity contribution >= 4 is 22.8 Å². The zero-order valence-electron chi connectivity index (χ0n) is 12.1. The molecule has 3 aromatic heterocycles. The van der Waals surface area contributed by atoms with E-state index in [0.717, 1.165) is 33.4 Å². The smallest absolute Gasteiger partial charge is 0.157 e. The lowest BCUT2D eigenvalue weighted by Crippen LogP contribution is -2.09. The highest BCUT2D eigenvalue weighted by Gasteiger charge is 2.11. The van der Waals surface area contributed by atoms with E-state index < -0.39 is 0 Å². The third kappa shape index (κ3) is 2.16. The molecule has 3 rings (SSSR count). The maximum Gasteiger partial charge on any atom is 0.157 e. The molecule has 1 N–H and O–H groups in total. The second-order valence-corrected chi connectivity index (χ2v) is 6.16. The predicted molar refractivity (Wildman–Crippen MR) is 81.4 cm³/mol. The minimum atomic E-state index is 0.707. The number of aryl methyl sites for hydroxylation is 3. The molecule has 0 aliphatic rings. The molecule has 0 fully saturated rings. The molecule has 104 valence electrons. The lowest BCUT2D eigenvalue weighted by molar-refractivity contribution is 0.901. The number of hydrogen-bond acceptors (Lipinski definition) is 5. The molecule has 0 aliphatic carbocycles. The van der Waals surface area contributed by atoms with E-state index in [1.54, 1.807) is 17.5 Å². The van der Waals surface area contributed by atoms with Gasteiger partial charge in [0.2, 0.25) is 0 Å². The third-order valence-corrected chi connectivity index (χ3v) is 4.57. The van der Waals surface area contributed by atoms with Gasteiger partial charge in [-0.2, -0.15) is 9.61 Å². The summed E-state index contributed by atoms with van der Waals surface area (Å²) < 4.78 is 1.84. The number of fused-ring (bicyclic) bond motifs is 1. The first-order valence-electron chi connectivity index (χ1n) is 6.54. The Bertz CT molecular complexity index is 752. The normalized spacial score (nSPS) is 11.2. The molecule has 0 aromatic carbocycles. The van der Waals surface area contributed by atoms with Crippen molar-refractivity contribution in [1.29, 1.82) is 0 Å². The van der Waals surface area contributed by atoms with Gasteiger partial charge in [0.25, 0.3) is 0 Å². The number of nitrogens with one attached hydrogen (secondary N) is 1. The van der Waals surface area contributed by atoms with E-state index in [4.69, 9.17) is 0 Å². The van der Waals surface area contributed by atoms with E-state index in [2.05, 4.69) is 34.2 Å². The first-order chi connectivity index (χ1) is 9.56. The molecule has 5 nitrogen and oxygen atoms in total. The van der Waals surface area contributed by atoms with Gasteiger partial charge in [0.15, 0.2) is 5.65 Å². The molecule has 0 saturated carbocycles. The predicted octanol–water partition coefficient (Wildman–Crippen LogP) is 3.03. The largest absolute Gasteiger partial charge is 0.363 e. The highest BCUT2D eigenvalue weighted by molar-refractivity contribution is 7.11. The lowest BCUT2D eigenvalue weighted by atomic mass is 10.2. The van der Waals surface area contributed by atoms with Crippen LogP contribution >= 0.6 is 11.3 Å². The summed E-state index contributed by atoms with van der Waals surface area (Å²) in [6.07, 6.45) is 1.77. The summed E-state index contributed by atoms with van der Waals surface area (Å²) in [6.45, 7) is 8.93. The van der Waals surface area contributed by atoms with Crippen molar-refractivity contribution in [2.75, 3.05) is 5.32 Å². The molecule has 0 spiro atoms. The average molecular weight is 287 g/mol. The van der Waals surface area contributed by atoms with Gasteiger partial charge in [-0.15, -0.1) is 11.3 Å². The van der Waals surface area contributed by atoms with E-state index in [-0.39, 0.29) is 0 Å². The number of thiazole rings is 1. The van der Waals surface area contributed by atoms with Gasteiger partial charge >= 0.3 is 0 Å². The van der Waals surface area contributed by atoms with Crippen LogP contribution in [-0.2, 0) is 6.54 Å². The second kappa shape index (κ2) is 4.86. The van der Waals surface area contributed by atoms with Crippen LogP contribution in [0.3, 0.4) is 0 Å². The zero-order valence-corrected chi connectivity index (χ0v) is 12.9. The number of rotatable bonds is 3. The maximum absolute atomic E-state index is 4.56. The van der Waals surface area contributed by atoms with Gasteiger partial charge in [-0.3, -0.25) is 0 Å². The molecule has 3 aromatic rings. The maximum atomic E-state index is 4.56. The van der Waals surface area contributed by atoms with Crippen LogP contribution in [-0.4, -0.2) is 19.6 Å². The molecule has 0 unspecified atom stereocenters. The summed E-state index contributed by atoms with van der Waals surface area (Å²) in [5.41, 5.74) is 4.11. The summed E-state index contributed by atoms with van der Waals surface area (Å²) in [7, 11) is 0. The SMILES string of the molecule is Cc1nc(CNc2c(C)c(C)nc3ccnn23)sc1C. The monoisotopic (exact) mass is 287 g/mol. The minimum absolute atomic E-state index is 0.707. The van der Waals surface area contributed by atoms with Crippen molar-refractivity contribution in [2.45, 2.75) is 34.2 Å². The Morgan fingerprint density at radius 2 is 1.95 bits per heavy atom. The molecule has 0 radical (unpaired) electrons. The van der Waals surface area contributed by atoms with E-state index in [9.17, 15) is 0 Å². The van der Waals surface area contributed by atoms with Gasteiger partial charge in [-0.25, -0.2) is 9.97 Å². The van der Waals surface area contributed by atoms with Crippen molar-refractivity contribution in [3.05, 3.63) is 39.1 Å². The van der Waals surface area contributed by atoms with E-state index in [1.807, 2.05) is 24.4 Å². The summed E-state index contributed by atoms with van der Waals surface area (Å²) in [4.78, 5) is 10.3. The number of hydrogen-bond donors (Lipinski definition) is 1. The van der Waals surface area contributed by atoms with Crippen molar-refractivity contribution in [1.82, 2.24) is 19.6 Å². The Morgan fingerprint density at radius 3 is 2.65 bits per heavy atom. The topological polar surface area (TPSA) is 55.1 Å². The highest BCUT2D eigenvalue weighted by Crippen LogP contribution is 2.21. The molecule has 6 heteroatoms. The van der Waals surface area contributed by atoms with Gasteiger partial charge < -0.3 is 5.32 Å². The van der Waals surface area contributed by atoms with E-state index in [1.165, 1.54) is 4.88 Å². The summed E-state index contributed by atoms with van der Waals surface area (Å²) in [5.74, 6) is 0.989. The lowest BCUT2D eigenvalue weighted by Gasteiger charge is -2.12. The van der Waals surface area contributed by atoms with E-state index >= 15 is 0 Å². The van der Waals surface area contributed by atoms with Crippen LogP contribution in [0.1, 0.15) is 26.8 Å². The van der Waals surface area contributed by atoms with Crippen LogP contribution in [0.5, 0.6) is 0 Å². The Balaban J connectivity index is 1.94. The van der Waals surface area contributed by atoms with Crippen LogP contribution < -0.4 is 5.32 Å². The quantitative estimate of drug-likeness (QED) is 0.804. The van der Waals surface area contributed by atoms with Gasteiger partial charge in [0, 0.05) is 22.2 Å². The first kappa shape index (κ1) is 13.1. The van der Waals surface area contributed by atoms with Crippen molar-refractivity contribution in [2.24, 2.45) is 0 Å². The summed E-state index contributed by atoms with van der Waals surface area (Å²) >= 11 is 1.73. The van der Waals surface area contributed by atoms with Crippen LogP contribution in [0.2, 0.25) is 0 Å². The van der Waals surface area contributed by atoms with Gasteiger partial charge in [-0.05, 0) is 27.7 Å². The Morgan fingerprint density at radius 1 is 1.15 bits per heavy atom. The molecule has 0 aliphatic heterocycles. The molecule has 3 heterocycles. The van der Waals surface area contributed by atoms with Crippen LogP contribution in [0.15, 0.2) is 12.3 Å². The van der Waals surface area contributed by atoms with Crippen molar-refractivity contribution in [3.63, 3.8) is 0 Å². The minimum Gasteiger partial charge on any atom is -0.363 e. The summed E-state index contributed by atoms with van der Waals surface area (Å²) in [5, 5.41) is 8.87. The molecule has 20 heavy (non-hydrogen) atoms. The molecule has 0 saturated heterocycles. The third-order valence-electron chi connectivity index (χ3n) is 3.49. The van der Waals surface area contributed by atoms with Crippen LogP contribution in [0.25, 0.3) is 5.65 Å². The Hall–Kier alpha value is -1.95. The molecule has 0 amide bonds. The fraction of sp³-hybridized carbons (Fsp3) is 0.357. The highest BCUT2D eigenvalue weighted by atomic mass is 32.1. The Labute approximate surface area is 121 Å². The van der Waals surface area contributed by atoms with Crippen LogP contribution in [0, 0.1) is 27.7 Å². The van der Waals surface area contributed by atoms with Gasteiger partial charge in [0.05, 0.1) is 18.4 Å². The summed E-state index contributed by atoms with van der Waals surface area (Å²) in [6, 6.07) is 1.91. The number of aromatic nitrogens is 4. The average Bonchev–Trinajstić information content (AvgIpc) is 2.97. The second-order valence-electron chi connectivity index (χ2n) is 4.87. The molecule has 0 bridgehead atoms. The zero-order chi connectivity index (χ0) is 14.3. The van der Waals surface area contributed by atoms with Crippen molar-refractivity contribution < 1.29 is 0 Å². The first-order valence-corrected chi connectivity index (χ1v) is 7.35. The standard InChI is InChI=1S/C14H17N5S/c1-8-9(2)17-12-5-6-16-19(12)14(8)15-7-13-18-10(3)11(4)20-13/h5-6,15H,7H2,1-4H3. The molecular formula is C14H17N5S. The fourth-order valence-electron chi connectivity index (χ4n) is 2.12. The van der Waals surface area contributed by atoms with Crippen LogP contribution in [0.4, 0.5) is 5.82 Å². The number of nitrogens with zero attached hydrogens (tertiary/aromatic N) is 4. The van der Waals surface area contributed by atoms with Crippen molar-refractivity contribution in [3.8, 4) is 0 Å². The van der Waals surface area contributed by atoms with E-state index in [0.29, 0.717) is 6.54 Å². The van der Waals surface area contributed by atoms with Gasteiger partial charge in [-0.1, -0.05) is 0 Å². The van der Waals surface area contributed by atoms with Gasteiger partial charge in [0.1, 0.15) is 10.8 Å². The fourth-order valence-corrected chi connectivity index (χ4v) is 2.99. The molecular weight excluding hydrogens is 270 g/mol.